The van der Waals surface area contributed by atoms with E-state index in [1.165, 1.54) is 5.56 Å². The Morgan fingerprint density at radius 2 is 1.62 bits per heavy atom. The van der Waals surface area contributed by atoms with Crippen LogP contribution in [0.15, 0.2) is 12.1 Å². The summed E-state index contributed by atoms with van der Waals surface area (Å²) in [4.78, 5) is 0. The van der Waals surface area contributed by atoms with Gasteiger partial charge >= 0.3 is 18.9 Å². The minimum absolute atomic E-state index is 0. The molecule has 0 aromatic heterocycles. The number of aryl methyl sites for hydroxylation is 3. The molecule has 0 radical (unpaired) electrons. The standard InChI is InChI=1S/C9H12O2S.Li.H/c1-6-4-7(2)9(11-12-10)8(3)5-6;;/h4-5,12H,1-3H3;;. The first-order valence-corrected chi connectivity index (χ1v) is 4.45. The predicted molar refractivity (Wildman–Crippen MR) is 58.0 cm³/mol. The van der Waals surface area contributed by atoms with Crippen LogP contribution in [0.5, 0.6) is 5.75 Å². The van der Waals surface area contributed by atoms with E-state index in [-0.39, 0.29) is 30.8 Å². The van der Waals surface area contributed by atoms with Gasteiger partial charge in [0.15, 0.2) is 11.9 Å². The molecule has 0 amide bonds. The number of hydrogen-bond donors (Lipinski definition) is 1. The summed E-state index contributed by atoms with van der Waals surface area (Å²) < 4.78 is 15.2. The van der Waals surface area contributed by atoms with Crippen molar-refractivity contribution in [1.29, 1.82) is 0 Å². The number of hydrogen-bond acceptors (Lipinski definition) is 2. The molecular weight excluding hydrogens is 179 g/mol. The molecule has 1 aromatic rings. The Kier molecular flexibility index (Phi) is 5.39. The second kappa shape index (κ2) is 5.49. The van der Waals surface area contributed by atoms with Crippen LogP contribution in [-0.2, 0) is 11.9 Å². The second-order valence-electron chi connectivity index (χ2n) is 2.89. The molecule has 0 heterocycles. The Morgan fingerprint density at radius 3 is 2.00 bits per heavy atom. The Hall–Kier alpha value is -0.233. The van der Waals surface area contributed by atoms with Crippen LogP contribution in [0.25, 0.3) is 0 Å². The topological polar surface area (TPSA) is 26.3 Å². The van der Waals surface area contributed by atoms with Crippen molar-refractivity contribution >= 4 is 30.8 Å². The molecule has 13 heavy (non-hydrogen) atoms. The van der Waals surface area contributed by atoms with Gasteiger partial charge in [-0.15, -0.1) is 0 Å². The first-order chi connectivity index (χ1) is 5.65. The molecule has 0 bridgehead atoms. The molecule has 4 heteroatoms. The summed E-state index contributed by atoms with van der Waals surface area (Å²) in [5.41, 5.74) is 3.24. The van der Waals surface area contributed by atoms with Crippen LogP contribution in [0, 0.1) is 20.8 Å². The quantitative estimate of drug-likeness (QED) is 0.563. The number of thiol groups is 1. The predicted octanol–water partition coefficient (Wildman–Crippen LogP) is 1.20. The molecule has 0 aliphatic heterocycles. The van der Waals surface area contributed by atoms with Crippen molar-refractivity contribution in [3.8, 4) is 5.75 Å². The summed E-state index contributed by atoms with van der Waals surface area (Å²) in [5, 5.41) is 0. The molecule has 0 saturated heterocycles. The van der Waals surface area contributed by atoms with Gasteiger partial charge < -0.3 is 4.18 Å². The molecule has 0 spiro atoms. The summed E-state index contributed by atoms with van der Waals surface area (Å²) in [7, 11) is 0. The van der Waals surface area contributed by atoms with E-state index in [9.17, 15) is 4.21 Å². The molecule has 2 nitrogen and oxygen atoms in total. The first-order valence-electron chi connectivity index (χ1n) is 3.72. The van der Waals surface area contributed by atoms with Crippen molar-refractivity contribution in [3.05, 3.63) is 28.8 Å². The van der Waals surface area contributed by atoms with Crippen molar-refractivity contribution in [2.75, 3.05) is 0 Å². The first kappa shape index (κ1) is 12.8. The minimum atomic E-state index is -0.293. The van der Waals surface area contributed by atoms with Crippen LogP contribution >= 0.6 is 0 Å². The molecule has 0 aliphatic rings. The number of benzene rings is 1. The summed E-state index contributed by atoms with van der Waals surface area (Å²) in [5.74, 6) is 0.720. The van der Waals surface area contributed by atoms with Crippen LogP contribution in [0.3, 0.4) is 0 Å². The van der Waals surface area contributed by atoms with Gasteiger partial charge in [0.25, 0.3) is 0 Å². The van der Waals surface area contributed by atoms with Gasteiger partial charge in [0.1, 0.15) is 5.75 Å². The third-order valence-corrected chi connectivity index (χ3v) is 1.99. The third kappa shape index (κ3) is 3.19. The Balaban J connectivity index is 0.00000144. The maximum absolute atomic E-state index is 10.2. The fraction of sp³-hybridized carbons (Fsp3) is 0.333. The van der Waals surface area contributed by atoms with Gasteiger partial charge in [0.05, 0.1) is 0 Å². The average Bonchev–Trinajstić information content (AvgIpc) is 1.96. The van der Waals surface area contributed by atoms with Crippen LogP contribution in [0.1, 0.15) is 16.7 Å². The van der Waals surface area contributed by atoms with Gasteiger partial charge in [-0.1, -0.05) is 17.7 Å². The van der Waals surface area contributed by atoms with E-state index < -0.39 is 0 Å². The summed E-state index contributed by atoms with van der Waals surface area (Å²) in [6, 6.07) is 4.01. The summed E-state index contributed by atoms with van der Waals surface area (Å²) in [6.07, 6.45) is 0. The fourth-order valence-electron chi connectivity index (χ4n) is 1.35. The zero-order valence-corrected chi connectivity index (χ0v) is 8.31. The van der Waals surface area contributed by atoms with E-state index in [4.69, 9.17) is 4.18 Å². The molecule has 1 aromatic carbocycles. The maximum atomic E-state index is 10.2. The van der Waals surface area contributed by atoms with Gasteiger partial charge in [-0.25, -0.2) is 4.21 Å². The fourth-order valence-corrected chi connectivity index (χ4v) is 1.71. The SMILES string of the molecule is Cc1cc(C)c(O[SH]=O)c(C)c1.[LiH]. The van der Waals surface area contributed by atoms with E-state index >= 15 is 0 Å². The van der Waals surface area contributed by atoms with Crippen LogP contribution in [-0.4, -0.2) is 23.1 Å². The summed E-state index contributed by atoms with van der Waals surface area (Å²) in [6.45, 7) is 5.92. The zero-order valence-electron chi connectivity index (χ0n) is 7.42. The zero-order chi connectivity index (χ0) is 9.14. The molecule has 68 valence electrons. The van der Waals surface area contributed by atoms with E-state index in [0.29, 0.717) is 0 Å². The molecule has 0 aliphatic carbocycles. The van der Waals surface area contributed by atoms with Gasteiger partial charge in [-0.3, -0.25) is 0 Å². The van der Waals surface area contributed by atoms with Crippen LogP contribution in [0.2, 0.25) is 0 Å². The molecular formula is C9H13LiO2S. The van der Waals surface area contributed by atoms with Crippen molar-refractivity contribution in [2.24, 2.45) is 0 Å². The van der Waals surface area contributed by atoms with Crippen molar-refractivity contribution in [2.45, 2.75) is 20.8 Å². The Labute approximate surface area is 94.6 Å². The number of rotatable bonds is 2. The van der Waals surface area contributed by atoms with Crippen LogP contribution in [0.4, 0.5) is 0 Å². The van der Waals surface area contributed by atoms with Gasteiger partial charge in [0.2, 0.25) is 0 Å². The van der Waals surface area contributed by atoms with E-state index in [1.807, 2.05) is 32.9 Å². The van der Waals surface area contributed by atoms with Gasteiger partial charge in [-0.05, 0) is 31.9 Å². The normalized spacial score (nSPS) is 9.15. The van der Waals surface area contributed by atoms with Gasteiger partial charge in [0, 0.05) is 0 Å². The van der Waals surface area contributed by atoms with E-state index in [1.54, 1.807) is 0 Å². The molecule has 0 N–H and O–H groups in total. The van der Waals surface area contributed by atoms with Gasteiger partial charge in [-0.2, -0.15) is 0 Å². The second-order valence-corrected chi connectivity index (χ2v) is 3.23. The molecule has 0 atom stereocenters. The molecule has 0 unspecified atom stereocenters. The Morgan fingerprint density at radius 1 is 1.15 bits per heavy atom. The molecule has 0 saturated carbocycles. The monoisotopic (exact) mass is 192 g/mol. The van der Waals surface area contributed by atoms with E-state index in [2.05, 4.69) is 0 Å². The van der Waals surface area contributed by atoms with Crippen molar-refractivity contribution in [3.63, 3.8) is 0 Å². The molecule has 0 fully saturated rings. The molecule has 1 rings (SSSR count). The van der Waals surface area contributed by atoms with Crippen molar-refractivity contribution < 1.29 is 8.39 Å². The van der Waals surface area contributed by atoms with E-state index in [0.717, 1.165) is 16.9 Å². The average molecular weight is 192 g/mol. The third-order valence-electron chi connectivity index (χ3n) is 1.73. The van der Waals surface area contributed by atoms with Crippen molar-refractivity contribution in [1.82, 2.24) is 0 Å². The summed E-state index contributed by atoms with van der Waals surface area (Å²) >= 11 is -0.293. The van der Waals surface area contributed by atoms with Crippen LogP contribution < -0.4 is 4.18 Å². The Bertz CT molecular complexity index is 289.